The zero-order valence-electron chi connectivity index (χ0n) is 12.9. The van der Waals surface area contributed by atoms with Crippen molar-refractivity contribution in [1.82, 2.24) is 10.2 Å². The van der Waals surface area contributed by atoms with Gasteiger partial charge in [-0.25, -0.2) is 0 Å². The average molecular weight is 288 g/mol. The molecule has 1 atom stereocenters. The third-order valence-electron chi connectivity index (χ3n) is 4.02. The molecule has 0 saturated carbocycles. The van der Waals surface area contributed by atoms with Gasteiger partial charge in [-0.15, -0.1) is 0 Å². The summed E-state index contributed by atoms with van der Waals surface area (Å²) in [6.45, 7) is 5.11. The van der Waals surface area contributed by atoms with E-state index in [2.05, 4.69) is 24.4 Å². The van der Waals surface area contributed by atoms with Gasteiger partial charge < -0.3 is 10.2 Å². The Labute approximate surface area is 126 Å². The van der Waals surface area contributed by atoms with Crippen LogP contribution in [0.3, 0.4) is 0 Å². The van der Waals surface area contributed by atoms with Crippen molar-refractivity contribution in [3.05, 3.63) is 35.4 Å². The molecule has 1 aliphatic rings. The van der Waals surface area contributed by atoms with E-state index in [1.807, 2.05) is 12.1 Å². The summed E-state index contributed by atoms with van der Waals surface area (Å²) in [6.07, 6.45) is 3.84. The molecule has 0 radical (unpaired) electrons. The number of hydrogen-bond donors (Lipinski definition) is 1. The van der Waals surface area contributed by atoms with Crippen LogP contribution in [0.1, 0.15) is 37.8 Å². The molecule has 4 heteroatoms. The van der Waals surface area contributed by atoms with E-state index in [0.29, 0.717) is 19.5 Å². The number of benzene rings is 1. The number of unbranched alkanes of at least 4 members (excludes halogenated alkanes) is 1. The van der Waals surface area contributed by atoms with E-state index in [4.69, 9.17) is 0 Å². The monoisotopic (exact) mass is 288 g/mol. The smallest absolute Gasteiger partial charge is 0.242 e. The van der Waals surface area contributed by atoms with Crippen LogP contribution >= 0.6 is 0 Å². The first kappa shape index (κ1) is 15.5. The first-order valence-electron chi connectivity index (χ1n) is 7.76. The van der Waals surface area contributed by atoms with Gasteiger partial charge in [-0.3, -0.25) is 9.59 Å². The largest absolute Gasteiger partial charge is 0.353 e. The highest BCUT2D eigenvalue weighted by atomic mass is 16.2. The molecule has 1 N–H and O–H groups in total. The third kappa shape index (κ3) is 4.06. The third-order valence-corrected chi connectivity index (χ3v) is 4.02. The summed E-state index contributed by atoms with van der Waals surface area (Å²) >= 11 is 0. The van der Waals surface area contributed by atoms with Gasteiger partial charge >= 0.3 is 0 Å². The van der Waals surface area contributed by atoms with Crippen LogP contribution in [-0.4, -0.2) is 35.8 Å². The maximum Gasteiger partial charge on any atom is 0.242 e. The van der Waals surface area contributed by atoms with Gasteiger partial charge in [0.2, 0.25) is 11.8 Å². The van der Waals surface area contributed by atoms with E-state index in [9.17, 15) is 9.59 Å². The Bertz CT molecular complexity index is 496. The fourth-order valence-corrected chi connectivity index (χ4v) is 2.60. The predicted octanol–water partition coefficient (Wildman–Crippen LogP) is 1.92. The minimum absolute atomic E-state index is 0.0265. The summed E-state index contributed by atoms with van der Waals surface area (Å²) in [6, 6.07) is 7.89. The maximum atomic E-state index is 12.3. The number of nitrogens with one attached hydrogen (secondary N) is 1. The van der Waals surface area contributed by atoms with Crippen LogP contribution in [0.25, 0.3) is 0 Å². The molecule has 2 rings (SSSR count). The van der Waals surface area contributed by atoms with Crippen molar-refractivity contribution < 1.29 is 9.59 Å². The summed E-state index contributed by atoms with van der Waals surface area (Å²) in [5.41, 5.74) is 2.33. The Hall–Kier alpha value is -1.84. The van der Waals surface area contributed by atoms with Crippen molar-refractivity contribution in [2.45, 2.75) is 45.6 Å². The van der Waals surface area contributed by atoms with Crippen LogP contribution in [-0.2, 0) is 22.4 Å². The molecule has 1 unspecified atom stereocenters. The molecular formula is C17H24N2O2. The van der Waals surface area contributed by atoms with E-state index < -0.39 is 0 Å². The lowest BCUT2D eigenvalue weighted by Crippen LogP contribution is -2.56. The highest BCUT2D eigenvalue weighted by Gasteiger charge is 2.28. The molecule has 1 heterocycles. The van der Waals surface area contributed by atoms with E-state index >= 15 is 0 Å². The van der Waals surface area contributed by atoms with Gasteiger partial charge in [0.05, 0.1) is 6.42 Å². The van der Waals surface area contributed by atoms with Crippen LogP contribution in [0.2, 0.25) is 0 Å². The van der Waals surface area contributed by atoms with E-state index in [-0.39, 0.29) is 17.9 Å². The lowest BCUT2D eigenvalue weighted by atomic mass is 10.0. The zero-order valence-corrected chi connectivity index (χ0v) is 12.9. The van der Waals surface area contributed by atoms with Gasteiger partial charge in [-0.1, -0.05) is 37.6 Å². The number of piperazine rings is 1. The number of nitrogens with zero attached hydrogens (tertiary/aromatic N) is 1. The van der Waals surface area contributed by atoms with E-state index in [0.717, 1.165) is 12.0 Å². The van der Waals surface area contributed by atoms with Gasteiger partial charge in [0, 0.05) is 13.1 Å². The molecule has 114 valence electrons. The van der Waals surface area contributed by atoms with Crippen LogP contribution in [0, 0.1) is 0 Å². The number of carbonyl (C=O) groups is 2. The molecule has 1 aromatic rings. The number of amides is 2. The Morgan fingerprint density at radius 3 is 2.62 bits per heavy atom. The summed E-state index contributed by atoms with van der Waals surface area (Å²) in [5.74, 6) is -0.0387. The Morgan fingerprint density at radius 2 is 1.95 bits per heavy atom. The minimum atomic E-state index is -0.366. The van der Waals surface area contributed by atoms with Crippen molar-refractivity contribution in [3.63, 3.8) is 0 Å². The molecular weight excluding hydrogens is 264 g/mol. The molecule has 1 aliphatic heterocycles. The molecule has 0 bridgehead atoms. The standard InChI is InChI=1S/C17H24N2O2/c1-3-4-5-14-6-8-15(9-7-14)12-16(20)19-11-10-18-17(21)13(19)2/h6-9,13H,3-5,10-12H2,1-2H3,(H,18,21). The fourth-order valence-electron chi connectivity index (χ4n) is 2.60. The highest BCUT2D eigenvalue weighted by Crippen LogP contribution is 2.11. The maximum absolute atomic E-state index is 12.3. The summed E-state index contributed by atoms with van der Waals surface area (Å²) in [5, 5.41) is 2.77. The fraction of sp³-hybridized carbons (Fsp3) is 0.529. The summed E-state index contributed by atoms with van der Waals surface area (Å²) < 4.78 is 0. The molecule has 21 heavy (non-hydrogen) atoms. The summed E-state index contributed by atoms with van der Waals surface area (Å²) in [4.78, 5) is 25.6. The topological polar surface area (TPSA) is 49.4 Å². The second-order valence-electron chi connectivity index (χ2n) is 5.65. The molecule has 1 fully saturated rings. The normalized spacial score (nSPS) is 18.5. The van der Waals surface area contributed by atoms with Gasteiger partial charge in [0.15, 0.2) is 0 Å². The van der Waals surface area contributed by atoms with Crippen LogP contribution < -0.4 is 5.32 Å². The Balaban J connectivity index is 1.94. The molecule has 0 spiro atoms. The Kier molecular flexibility index (Phi) is 5.37. The van der Waals surface area contributed by atoms with Crippen molar-refractivity contribution in [3.8, 4) is 0 Å². The number of hydrogen-bond acceptors (Lipinski definition) is 2. The molecule has 1 saturated heterocycles. The first-order chi connectivity index (χ1) is 10.1. The minimum Gasteiger partial charge on any atom is -0.353 e. The van der Waals surface area contributed by atoms with Gasteiger partial charge in [-0.05, 0) is 30.9 Å². The number of aryl methyl sites for hydroxylation is 1. The van der Waals surface area contributed by atoms with Crippen molar-refractivity contribution in [1.29, 1.82) is 0 Å². The summed E-state index contributed by atoms with van der Waals surface area (Å²) in [7, 11) is 0. The Morgan fingerprint density at radius 1 is 1.29 bits per heavy atom. The molecule has 0 aliphatic carbocycles. The lowest BCUT2D eigenvalue weighted by molar-refractivity contribution is -0.142. The second-order valence-corrected chi connectivity index (χ2v) is 5.65. The van der Waals surface area contributed by atoms with E-state index in [1.54, 1.807) is 11.8 Å². The van der Waals surface area contributed by atoms with Crippen LogP contribution in [0.4, 0.5) is 0 Å². The van der Waals surface area contributed by atoms with Crippen LogP contribution in [0.15, 0.2) is 24.3 Å². The van der Waals surface area contributed by atoms with Crippen molar-refractivity contribution in [2.24, 2.45) is 0 Å². The van der Waals surface area contributed by atoms with Gasteiger partial charge in [0.25, 0.3) is 0 Å². The van der Waals surface area contributed by atoms with Crippen molar-refractivity contribution >= 4 is 11.8 Å². The first-order valence-corrected chi connectivity index (χ1v) is 7.76. The quantitative estimate of drug-likeness (QED) is 0.900. The SMILES string of the molecule is CCCCc1ccc(CC(=O)N2CCNC(=O)C2C)cc1. The number of carbonyl (C=O) groups excluding carboxylic acids is 2. The highest BCUT2D eigenvalue weighted by molar-refractivity contribution is 5.89. The molecule has 2 amide bonds. The van der Waals surface area contributed by atoms with Gasteiger partial charge in [0.1, 0.15) is 6.04 Å². The number of rotatable bonds is 5. The van der Waals surface area contributed by atoms with Crippen molar-refractivity contribution in [2.75, 3.05) is 13.1 Å². The average Bonchev–Trinajstić information content (AvgIpc) is 2.49. The second kappa shape index (κ2) is 7.25. The van der Waals surface area contributed by atoms with Gasteiger partial charge in [-0.2, -0.15) is 0 Å². The predicted molar refractivity (Wildman–Crippen MR) is 82.9 cm³/mol. The lowest BCUT2D eigenvalue weighted by Gasteiger charge is -2.32. The molecule has 0 aromatic heterocycles. The van der Waals surface area contributed by atoms with E-state index in [1.165, 1.54) is 18.4 Å². The zero-order chi connectivity index (χ0) is 15.2. The van der Waals surface area contributed by atoms with Crippen LogP contribution in [0.5, 0.6) is 0 Å². The molecule has 4 nitrogen and oxygen atoms in total. The molecule has 1 aromatic carbocycles.